The van der Waals surface area contributed by atoms with Crippen LogP contribution in [0.2, 0.25) is 10.0 Å². The standard InChI is InChI=1S/C21H22Cl2N6O2S/c1-13-20(14(2)28(3)26-13)27-32(30,31)21-17(22)10-16(11-18(21)23)15-4-5-25-19(12-15)29-8-6-24-7-9-29/h4-6,10-12,27H,7-9H2,1-3H3. The van der Waals surface area contributed by atoms with Gasteiger partial charge in [0.1, 0.15) is 10.7 Å². The van der Waals surface area contributed by atoms with Gasteiger partial charge in [-0.1, -0.05) is 23.2 Å². The van der Waals surface area contributed by atoms with Crippen LogP contribution < -0.4 is 9.62 Å². The second kappa shape index (κ2) is 8.73. The van der Waals surface area contributed by atoms with Gasteiger partial charge >= 0.3 is 0 Å². The molecule has 0 saturated heterocycles. The fourth-order valence-corrected chi connectivity index (χ4v) is 5.98. The van der Waals surface area contributed by atoms with Crippen molar-refractivity contribution in [2.75, 3.05) is 29.3 Å². The highest BCUT2D eigenvalue weighted by atomic mass is 35.5. The number of aromatic nitrogens is 3. The van der Waals surface area contributed by atoms with Gasteiger partial charge in [0.2, 0.25) is 0 Å². The number of sulfonamides is 1. The number of nitrogens with zero attached hydrogens (tertiary/aromatic N) is 5. The Kier molecular flexibility index (Phi) is 6.15. The Labute approximate surface area is 196 Å². The molecule has 1 aromatic carbocycles. The highest BCUT2D eigenvalue weighted by Crippen LogP contribution is 2.37. The number of benzene rings is 1. The maximum atomic E-state index is 13.1. The van der Waals surface area contributed by atoms with Crippen LogP contribution in [0.15, 0.2) is 40.4 Å². The molecule has 0 fully saturated rings. The highest BCUT2D eigenvalue weighted by Gasteiger charge is 2.25. The molecule has 4 rings (SSSR count). The molecular formula is C21H22Cl2N6O2S. The van der Waals surface area contributed by atoms with Gasteiger partial charge in [-0.2, -0.15) is 5.10 Å². The molecule has 1 aliphatic rings. The van der Waals surface area contributed by atoms with Crippen LogP contribution in [0.3, 0.4) is 0 Å². The summed E-state index contributed by atoms with van der Waals surface area (Å²) in [5, 5.41) is 4.30. The average molecular weight is 493 g/mol. The molecule has 0 saturated carbocycles. The van der Waals surface area contributed by atoms with Crippen LogP contribution in [-0.4, -0.2) is 49.0 Å². The molecule has 1 aliphatic heterocycles. The van der Waals surface area contributed by atoms with Crippen molar-refractivity contribution in [3.05, 3.63) is 51.9 Å². The molecule has 3 heterocycles. The highest BCUT2D eigenvalue weighted by molar-refractivity contribution is 7.93. The topological polar surface area (TPSA) is 92.5 Å². The van der Waals surface area contributed by atoms with Crippen LogP contribution in [0.1, 0.15) is 11.4 Å². The number of aliphatic imine (C=N–C) groups is 1. The number of nitrogens with one attached hydrogen (secondary N) is 1. The van der Waals surface area contributed by atoms with E-state index in [1.54, 1.807) is 43.9 Å². The zero-order chi connectivity index (χ0) is 23.0. The van der Waals surface area contributed by atoms with Crippen molar-refractivity contribution in [3.63, 3.8) is 0 Å². The molecular weight excluding hydrogens is 471 g/mol. The molecule has 3 aromatic rings. The Hall–Kier alpha value is -2.62. The van der Waals surface area contributed by atoms with Gasteiger partial charge in [-0.05, 0) is 49.2 Å². The fraction of sp³-hybridized carbons (Fsp3) is 0.286. The Balaban J connectivity index is 1.69. The van der Waals surface area contributed by atoms with Gasteiger partial charge in [0.25, 0.3) is 10.0 Å². The van der Waals surface area contributed by atoms with E-state index in [2.05, 4.69) is 24.7 Å². The molecule has 8 nitrogen and oxygen atoms in total. The summed E-state index contributed by atoms with van der Waals surface area (Å²) in [6.07, 6.45) is 3.57. The summed E-state index contributed by atoms with van der Waals surface area (Å²) in [4.78, 5) is 10.6. The predicted molar refractivity (Wildman–Crippen MR) is 129 cm³/mol. The number of rotatable bonds is 5. The summed E-state index contributed by atoms with van der Waals surface area (Å²) in [7, 11) is -2.29. The van der Waals surface area contributed by atoms with Crippen LogP contribution in [-0.2, 0) is 17.1 Å². The zero-order valence-corrected chi connectivity index (χ0v) is 20.1. The van der Waals surface area contributed by atoms with Crippen molar-refractivity contribution in [2.45, 2.75) is 18.7 Å². The SMILES string of the molecule is Cc1nn(C)c(C)c1NS(=O)(=O)c1c(Cl)cc(-c2ccnc(N3CC=NCC3)c2)cc1Cl. The van der Waals surface area contributed by atoms with Gasteiger partial charge in [-0.3, -0.25) is 14.4 Å². The van der Waals surface area contributed by atoms with E-state index in [9.17, 15) is 8.42 Å². The molecule has 0 atom stereocenters. The quantitative estimate of drug-likeness (QED) is 0.578. The van der Waals surface area contributed by atoms with E-state index < -0.39 is 10.0 Å². The first-order valence-corrected chi connectivity index (χ1v) is 12.1. The molecule has 11 heteroatoms. The third kappa shape index (κ3) is 4.32. The predicted octanol–water partition coefficient (Wildman–Crippen LogP) is 4.10. The monoisotopic (exact) mass is 492 g/mol. The first-order chi connectivity index (χ1) is 15.2. The third-order valence-electron chi connectivity index (χ3n) is 5.35. The minimum absolute atomic E-state index is 0.0302. The number of hydrogen-bond donors (Lipinski definition) is 1. The lowest BCUT2D eigenvalue weighted by molar-refractivity contribution is 0.601. The zero-order valence-electron chi connectivity index (χ0n) is 17.8. The normalized spacial score (nSPS) is 14.1. The third-order valence-corrected chi connectivity index (χ3v) is 7.62. The summed E-state index contributed by atoms with van der Waals surface area (Å²) in [6, 6.07) is 6.96. The van der Waals surface area contributed by atoms with Crippen molar-refractivity contribution < 1.29 is 8.42 Å². The van der Waals surface area contributed by atoms with Gasteiger partial charge in [0, 0.05) is 26.0 Å². The van der Waals surface area contributed by atoms with E-state index in [1.807, 2.05) is 18.3 Å². The first kappa shape index (κ1) is 22.6. The molecule has 0 spiro atoms. The molecule has 2 aromatic heterocycles. The molecule has 0 amide bonds. The minimum atomic E-state index is -4.03. The van der Waals surface area contributed by atoms with Gasteiger partial charge in [0.15, 0.2) is 0 Å². The molecule has 168 valence electrons. The molecule has 32 heavy (non-hydrogen) atoms. The Morgan fingerprint density at radius 1 is 1.09 bits per heavy atom. The first-order valence-electron chi connectivity index (χ1n) is 9.89. The number of hydrogen-bond acceptors (Lipinski definition) is 6. The van der Waals surface area contributed by atoms with Crippen LogP contribution in [0.4, 0.5) is 11.5 Å². The fourth-order valence-electron chi connectivity index (χ4n) is 3.59. The Bertz CT molecular complexity index is 1300. The van der Waals surface area contributed by atoms with E-state index in [-0.39, 0.29) is 14.9 Å². The van der Waals surface area contributed by atoms with Crippen molar-refractivity contribution in [1.29, 1.82) is 0 Å². The van der Waals surface area contributed by atoms with Gasteiger partial charge in [-0.25, -0.2) is 13.4 Å². The van der Waals surface area contributed by atoms with Crippen LogP contribution in [0, 0.1) is 13.8 Å². The second-order valence-electron chi connectivity index (χ2n) is 7.48. The van der Waals surface area contributed by atoms with Gasteiger partial charge < -0.3 is 4.90 Å². The maximum absolute atomic E-state index is 13.1. The van der Waals surface area contributed by atoms with Gasteiger partial charge in [-0.15, -0.1) is 0 Å². The van der Waals surface area contributed by atoms with E-state index in [1.165, 1.54) is 0 Å². The Morgan fingerprint density at radius 2 is 1.81 bits per heavy atom. The molecule has 1 N–H and O–H groups in total. The van der Waals surface area contributed by atoms with Crippen LogP contribution in [0.25, 0.3) is 11.1 Å². The smallest absolute Gasteiger partial charge is 0.264 e. The van der Waals surface area contributed by atoms with E-state index >= 15 is 0 Å². The number of aryl methyl sites for hydroxylation is 2. The number of halogens is 2. The summed E-state index contributed by atoms with van der Waals surface area (Å²) < 4.78 is 30.4. The maximum Gasteiger partial charge on any atom is 0.264 e. The van der Waals surface area contributed by atoms with Crippen molar-refractivity contribution >= 4 is 50.9 Å². The van der Waals surface area contributed by atoms with Crippen LogP contribution >= 0.6 is 23.2 Å². The van der Waals surface area contributed by atoms with Crippen molar-refractivity contribution in [3.8, 4) is 11.1 Å². The summed E-state index contributed by atoms with van der Waals surface area (Å²) in [5.74, 6) is 0.807. The van der Waals surface area contributed by atoms with Crippen molar-refractivity contribution in [2.24, 2.45) is 12.0 Å². The largest absolute Gasteiger partial charge is 0.349 e. The lowest BCUT2D eigenvalue weighted by atomic mass is 10.1. The molecule has 0 radical (unpaired) electrons. The number of anilines is 2. The van der Waals surface area contributed by atoms with E-state index in [4.69, 9.17) is 23.2 Å². The summed E-state index contributed by atoms with van der Waals surface area (Å²) in [5.41, 5.74) is 3.18. The molecule has 0 aliphatic carbocycles. The second-order valence-corrected chi connectivity index (χ2v) is 9.92. The van der Waals surface area contributed by atoms with Crippen molar-refractivity contribution in [1.82, 2.24) is 14.8 Å². The molecule has 0 unspecified atom stereocenters. The average Bonchev–Trinajstić information content (AvgIpc) is 2.99. The number of pyridine rings is 1. The minimum Gasteiger partial charge on any atom is -0.349 e. The summed E-state index contributed by atoms with van der Waals surface area (Å²) >= 11 is 12.9. The van der Waals surface area contributed by atoms with Crippen LogP contribution in [0.5, 0.6) is 0 Å². The van der Waals surface area contributed by atoms with E-state index in [0.29, 0.717) is 29.2 Å². The van der Waals surface area contributed by atoms with Gasteiger partial charge in [0.05, 0.1) is 40.2 Å². The lowest BCUT2D eigenvalue weighted by Crippen LogP contribution is -2.32. The summed E-state index contributed by atoms with van der Waals surface area (Å²) in [6.45, 7) is 5.70. The lowest BCUT2D eigenvalue weighted by Gasteiger charge is -2.24. The van der Waals surface area contributed by atoms with E-state index in [0.717, 1.165) is 24.5 Å². The molecule has 0 bridgehead atoms. The Morgan fingerprint density at radius 3 is 2.41 bits per heavy atom.